The standard InChI is InChI=1S/C12H8BrCl2NO3S/c13-8-2-1-3-11(12(8)17)16-20(18,19)7-4-5-9(14)10(15)6-7/h1-6,16-17H. The summed E-state index contributed by atoms with van der Waals surface area (Å²) >= 11 is 14.6. The molecule has 2 N–H and O–H groups in total. The first-order valence-electron chi connectivity index (χ1n) is 5.26. The summed E-state index contributed by atoms with van der Waals surface area (Å²) in [6, 6.07) is 8.57. The molecule has 4 nitrogen and oxygen atoms in total. The highest BCUT2D eigenvalue weighted by molar-refractivity contribution is 9.10. The number of anilines is 1. The molecular formula is C12H8BrCl2NO3S. The van der Waals surface area contributed by atoms with Crippen molar-refractivity contribution in [2.24, 2.45) is 0 Å². The van der Waals surface area contributed by atoms with Crippen LogP contribution in [0.2, 0.25) is 10.0 Å². The molecule has 0 saturated heterocycles. The second-order valence-corrected chi connectivity index (χ2v) is 7.17. The number of phenolic OH excluding ortho intramolecular Hbond substituents is 1. The van der Waals surface area contributed by atoms with Gasteiger partial charge >= 0.3 is 0 Å². The first kappa shape index (κ1) is 15.4. The molecule has 0 saturated carbocycles. The summed E-state index contributed by atoms with van der Waals surface area (Å²) in [5.74, 6) is -0.198. The van der Waals surface area contributed by atoms with Gasteiger partial charge in [-0.3, -0.25) is 4.72 Å². The fourth-order valence-corrected chi connectivity index (χ4v) is 3.27. The van der Waals surface area contributed by atoms with Gasteiger partial charge in [0.2, 0.25) is 0 Å². The van der Waals surface area contributed by atoms with E-state index in [4.69, 9.17) is 23.2 Å². The summed E-state index contributed by atoms with van der Waals surface area (Å²) in [5.41, 5.74) is 0.0606. The van der Waals surface area contributed by atoms with Crippen LogP contribution in [0.3, 0.4) is 0 Å². The number of aromatic hydroxyl groups is 1. The number of phenols is 1. The van der Waals surface area contributed by atoms with Crippen LogP contribution in [0, 0.1) is 0 Å². The van der Waals surface area contributed by atoms with Gasteiger partial charge in [-0.2, -0.15) is 0 Å². The smallest absolute Gasteiger partial charge is 0.262 e. The fraction of sp³-hybridized carbons (Fsp3) is 0. The third kappa shape index (κ3) is 3.20. The van der Waals surface area contributed by atoms with Crippen LogP contribution in [0.4, 0.5) is 5.69 Å². The normalized spacial score (nSPS) is 11.3. The Hall–Kier alpha value is -0.950. The number of hydrogen-bond donors (Lipinski definition) is 2. The highest BCUT2D eigenvalue weighted by Crippen LogP contribution is 2.33. The lowest BCUT2D eigenvalue weighted by molar-refractivity contribution is 0.474. The summed E-state index contributed by atoms with van der Waals surface area (Å²) in [6.07, 6.45) is 0. The number of benzene rings is 2. The Kier molecular flexibility index (Phi) is 4.49. The molecule has 0 aliphatic rings. The van der Waals surface area contributed by atoms with Crippen molar-refractivity contribution in [2.75, 3.05) is 4.72 Å². The molecular weight excluding hydrogens is 389 g/mol. The van der Waals surface area contributed by atoms with E-state index in [1.165, 1.54) is 24.3 Å². The van der Waals surface area contributed by atoms with Crippen molar-refractivity contribution in [3.8, 4) is 5.75 Å². The molecule has 2 rings (SSSR count). The van der Waals surface area contributed by atoms with Crippen molar-refractivity contribution >= 4 is 54.8 Å². The molecule has 20 heavy (non-hydrogen) atoms. The van der Waals surface area contributed by atoms with Crippen molar-refractivity contribution in [3.05, 3.63) is 50.9 Å². The molecule has 0 radical (unpaired) electrons. The summed E-state index contributed by atoms with van der Waals surface area (Å²) < 4.78 is 27.0. The monoisotopic (exact) mass is 395 g/mol. The van der Waals surface area contributed by atoms with E-state index in [1.54, 1.807) is 12.1 Å². The molecule has 0 heterocycles. The second-order valence-electron chi connectivity index (χ2n) is 3.82. The zero-order chi connectivity index (χ0) is 14.9. The van der Waals surface area contributed by atoms with Crippen LogP contribution in [0.25, 0.3) is 0 Å². The molecule has 0 bridgehead atoms. The number of sulfonamides is 1. The average Bonchev–Trinajstić information content (AvgIpc) is 2.38. The van der Waals surface area contributed by atoms with Gasteiger partial charge in [0.1, 0.15) is 0 Å². The molecule has 2 aromatic carbocycles. The lowest BCUT2D eigenvalue weighted by Gasteiger charge is -2.11. The quantitative estimate of drug-likeness (QED) is 0.761. The second kappa shape index (κ2) is 5.81. The summed E-state index contributed by atoms with van der Waals surface area (Å²) in [5, 5.41) is 10.2. The van der Waals surface area contributed by atoms with E-state index < -0.39 is 10.0 Å². The van der Waals surface area contributed by atoms with Gasteiger partial charge in [-0.1, -0.05) is 29.3 Å². The zero-order valence-electron chi connectivity index (χ0n) is 9.77. The molecule has 0 atom stereocenters. The summed E-state index contributed by atoms with van der Waals surface area (Å²) in [7, 11) is -3.87. The molecule has 0 spiro atoms. The Balaban J connectivity index is 2.41. The van der Waals surface area contributed by atoms with E-state index in [9.17, 15) is 13.5 Å². The van der Waals surface area contributed by atoms with Gasteiger partial charge in [0.15, 0.2) is 5.75 Å². The molecule has 106 valence electrons. The van der Waals surface area contributed by atoms with Crippen LogP contribution in [-0.2, 0) is 10.0 Å². The van der Waals surface area contributed by atoms with E-state index in [0.29, 0.717) is 4.47 Å². The van der Waals surface area contributed by atoms with Crippen molar-refractivity contribution in [1.82, 2.24) is 0 Å². The molecule has 0 aliphatic heterocycles. The van der Waals surface area contributed by atoms with Gasteiger partial charge in [0.25, 0.3) is 10.0 Å². The Morgan fingerprint density at radius 1 is 1.10 bits per heavy atom. The van der Waals surface area contributed by atoms with Crippen LogP contribution in [0.5, 0.6) is 5.75 Å². The third-order valence-electron chi connectivity index (χ3n) is 2.43. The number of para-hydroxylation sites is 1. The Morgan fingerprint density at radius 2 is 1.80 bits per heavy atom. The Morgan fingerprint density at radius 3 is 2.45 bits per heavy atom. The molecule has 0 aromatic heterocycles. The van der Waals surface area contributed by atoms with E-state index in [0.717, 1.165) is 0 Å². The largest absolute Gasteiger partial charge is 0.505 e. The maximum Gasteiger partial charge on any atom is 0.262 e. The van der Waals surface area contributed by atoms with Gasteiger partial charge in [0.05, 0.1) is 25.1 Å². The van der Waals surface area contributed by atoms with E-state index in [1.807, 2.05) is 0 Å². The summed E-state index contributed by atoms with van der Waals surface area (Å²) in [4.78, 5) is -0.0497. The first-order valence-corrected chi connectivity index (χ1v) is 8.30. The minimum absolute atomic E-state index is 0.0497. The van der Waals surface area contributed by atoms with E-state index in [2.05, 4.69) is 20.7 Å². The number of halogens is 3. The van der Waals surface area contributed by atoms with Crippen molar-refractivity contribution in [2.45, 2.75) is 4.90 Å². The van der Waals surface area contributed by atoms with E-state index in [-0.39, 0.29) is 26.4 Å². The van der Waals surface area contributed by atoms with Crippen LogP contribution in [-0.4, -0.2) is 13.5 Å². The van der Waals surface area contributed by atoms with Crippen LogP contribution in [0.1, 0.15) is 0 Å². The summed E-state index contributed by atoms with van der Waals surface area (Å²) in [6.45, 7) is 0. The van der Waals surface area contributed by atoms with Crippen LogP contribution >= 0.6 is 39.1 Å². The molecule has 0 unspecified atom stereocenters. The molecule has 0 aliphatic carbocycles. The van der Waals surface area contributed by atoms with Gasteiger partial charge in [-0.25, -0.2) is 8.42 Å². The highest BCUT2D eigenvalue weighted by atomic mass is 79.9. The van der Waals surface area contributed by atoms with Gasteiger partial charge in [-0.15, -0.1) is 0 Å². The van der Waals surface area contributed by atoms with Crippen LogP contribution < -0.4 is 4.72 Å². The minimum atomic E-state index is -3.87. The van der Waals surface area contributed by atoms with Crippen LogP contribution in [0.15, 0.2) is 45.8 Å². The van der Waals surface area contributed by atoms with Gasteiger partial charge < -0.3 is 5.11 Å². The van der Waals surface area contributed by atoms with Crippen molar-refractivity contribution in [3.63, 3.8) is 0 Å². The highest BCUT2D eigenvalue weighted by Gasteiger charge is 2.18. The van der Waals surface area contributed by atoms with Gasteiger partial charge in [-0.05, 0) is 46.3 Å². The maximum absolute atomic E-state index is 12.2. The van der Waals surface area contributed by atoms with E-state index >= 15 is 0 Å². The van der Waals surface area contributed by atoms with Crippen molar-refractivity contribution < 1.29 is 13.5 Å². The molecule has 0 amide bonds. The number of rotatable bonds is 3. The predicted octanol–water partition coefficient (Wildman–Crippen LogP) is 4.26. The Labute approximate surface area is 134 Å². The molecule has 0 fully saturated rings. The first-order chi connectivity index (χ1) is 9.31. The van der Waals surface area contributed by atoms with Gasteiger partial charge in [0, 0.05) is 0 Å². The average molecular weight is 397 g/mol. The minimum Gasteiger partial charge on any atom is -0.505 e. The number of nitrogens with one attached hydrogen (secondary N) is 1. The predicted molar refractivity (Wildman–Crippen MR) is 83.1 cm³/mol. The zero-order valence-corrected chi connectivity index (χ0v) is 13.7. The van der Waals surface area contributed by atoms with Crippen molar-refractivity contribution in [1.29, 1.82) is 0 Å². The fourth-order valence-electron chi connectivity index (χ4n) is 1.45. The lowest BCUT2D eigenvalue weighted by Crippen LogP contribution is -2.13. The third-order valence-corrected chi connectivity index (χ3v) is 5.17. The lowest BCUT2D eigenvalue weighted by atomic mass is 10.3. The SMILES string of the molecule is O=S(=O)(Nc1cccc(Br)c1O)c1ccc(Cl)c(Cl)c1. The maximum atomic E-state index is 12.2. The number of hydrogen-bond acceptors (Lipinski definition) is 3. The molecule has 2 aromatic rings. The molecule has 8 heteroatoms. The Bertz CT molecular complexity index is 765. The topological polar surface area (TPSA) is 66.4 Å².